The Morgan fingerprint density at radius 2 is 2.00 bits per heavy atom. The zero-order valence-corrected chi connectivity index (χ0v) is 12.1. The molecule has 2 aromatic rings. The molecule has 0 saturated heterocycles. The number of ketones is 1. The third kappa shape index (κ3) is 2.87. The summed E-state index contributed by atoms with van der Waals surface area (Å²) in [5.41, 5.74) is 1.99. The van der Waals surface area contributed by atoms with Crippen molar-refractivity contribution >= 4 is 16.7 Å². The van der Waals surface area contributed by atoms with Crippen molar-refractivity contribution in [3.8, 4) is 0 Å². The van der Waals surface area contributed by atoms with E-state index in [2.05, 4.69) is 22.4 Å². The number of carbonyl (C=O) groups excluding carboxylic acids is 1. The van der Waals surface area contributed by atoms with E-state index in [0.29, 0.717) is 0 Å². The van der Waals surface area contributed by atoms with Gasteiger partial charge in [-0.25, -0.2) is 0 Å². The van der Waals surface area contributed by atoms with E-state index in [9.17, 15) is 4.79 Å². The Balaban J connectivity index is 2.26. The van der Waals surface area contributed by atoms with E-state index in [1.165, 1.54) is 10.9 Å². The van der Waals surface area contributed by atoms with Crippen molar-refractivity contribution in [1.29, 1.82) is 0 Å². The Kier molecular flexibility index (Phi) is 3.76. The molecule has 0 fully saturated rings. The van der Waals surface area contributed by atoms with E-state index < -0.39 is 0 Å². The average Bonchev–Trinajstić information content (AvgIpc) is 2.77. The molecule has 102 valence electrons. The van der Waals surface area contributed by atoms with Gasteiger partial charge in [0.1, 0.15) is 0 Å². The largest absolute Gasteiger partial charge is 0.361 e. The predicted octanol–water partition coefficient (Wildman–Crippen LogP) is 2.91. The first-order valence-corrected chi connectivity index (χ1v) is 6.70. The average molecular weight is 258 g/mol. The van der Waals surface area contributed by atoms with Crippen molar-refractivity contribution < 1.29 is 4.79 Å². The van der Waals surface area contributed by atoms with Crippen LogP contribution in [0.4, 0.5) is 0 Å². The van der Waals surface area contributed by atoms with Gasteiger partial charge in [0.25, 0.3) is 0 Å². The number of hydrogen-bond acceptors (Lipinski definition) is 2. The number of benzene rings is 1. The quantitative estimate of drug-likeness (QED) is 0.885. The van der Waals surface area contributed by atoms with E-state index in [1.807, 2.05) is 46.1 Å². The molecule has 1 heterocycles. The van der Waals surface area contributed by atoms with Crippen LogP contribution in [0.5, 0.6) is 0 Å². The first kappa shape index (κ1) is 13.8. The summed E-state index contributed by atoms with van der Waals surface area (Å²) in [5, 5.41) is 4.35. The molecule has 19 heavy (non-hydrogen) atoms. The minimum absolute atomic E-state index is 0.140. The van der Waals surface area contributed by atoms with Crippen LogP contribution in [0.3, 0.4) is 0 Å². The van der Waals surface area contributed by atoms with Crippen LogP contribution < -0.4 is 5.32 Å². The molecule has 2 N–H and O–H groups in total. The molecular weight excluding hydrogens is 236 g/mol. The molecule has 3 nitrogen and oxygen atoms in total. The molecule has 1 atom stereocenters. The maximum atomic E-state index is 12.4. The highest BCUT2D eigenvalue weighted by atomic mass is 16.1. The molecule has 0 saturated carbocycles. The van der Waals surface area contributed by atoms with Gasteiger partial charge >= 0.3 is 0 Å². The Hall–Kier alpha value is -1.61. The summed E-state index contributed by atoms with van der Waals surface area (Å²) in [4.78, 5) is 15.6. The van der Waals surface area contributed by atoms with Crippen LogP contribution in [-0.4, -0.2) is 23.9 Å². The molecule has 0 radical (unpaired) electrons. The lowest BCUT2D eigenvalue weighted by molar-refractivity contribution is -0.128. The Labute approximate surface area is 114 Å². The molecule has 0 spiro atoms. The lowest BCUT2D eigenvalue weighted by Gasteiger charge is -2.24. The van der Waals surface area contributed by atoms with Gasteiger partial charge in [0, 0.05) is 22.5 Å². The minimum atomic E-state index is -0.320. The number of hydrogen-bond donors (Lipinski definition) is 2. The monoisotopic (exact) mass is 258 g/mol. The molecule has 0 aliphatic heterocycles. The van der Waals surface area contributed by atoms with Gasteiger partial charge in [-0.3, -0.25) is 4.79 Å². The number of rotatable bonds is 4. The number of Topliss-reactive ketones (excluding diaryl/α,β-unsaturated/α-hetero) is 1. The number of H-pyrrole nitrogens is 1. The molecular formula is C16H22N2O. The second-order valence-electron chi connectivity index (χ2n) is 6.02. The molecule has 0 bridgehead atoms. The summed E-state index contributed by atoms with van der Waals surface area (Å²) in [5.74, 6) is 0.250. The minimum Gasteiger partial charge on any atom is -0.361 e. The van der Waals surface area contributed by atoms with Gasteiger partial charge in [0.05, 0.1) is 6.04 Å². The van der Waals surface area contributed by atoms with Gasteiger partial charge in [-0.2, -0.15) is 0 Å². The topological polar surface area (TPSA) is 44.9 Å². The molecule has 2 rings (SSSR count). The van der Waals surface area contributed by atoms with Gasteiger partial charge in [-0.05, 0) is 25.1 Å². The van der Waals surface area contributed by atoms with Gasteiger partial charge in [0.15, 0.2) is 5.78 Å². The van der Waals surface area contributed by atoms with Crippen LogP contribution in [-0.2, 0) is 11.2 Å². The maximum absolute atomic E-state index is 12.4. The highest BCUT2D eigenvalue weighted by molar-refractivity contribution is 5.90. The standard InChI is InChI=1S/C16H22N2O/c1-16(2,3)15(19)14(17-4)9-11-10-18-13-8-6-5-7-12(11)13/h5-8,10,14,17-18H,9H2,1-4H3. The molecule has 0 aliphatic carbocycles. The van der Waals surface area contributed by atoms with E-state index in [1.54, 1.807) is 0 Å². The van der Waals surface area contributed by atoms with E-state index in [0.717, 1.165) is 11.9 Å². The van der Waals surface area contributed by atoms with Gasteiger partial charge in [-0.15, -0.1) is 0 Å². The van der Waals surface area contributed by atoms with Gasteiger partial charge in [0.2, 0.25) is 0 Å². The highest BCUT2D eigenvalue weighted by Gasteiger charge is 2.29. The number of aromatic amines is 1. The van der Waals surface area contributed by atoms with Crippen LogP contribution >= 0.6 is 0 Å². The molecule has 3 heteroatoms. The maximum Gasteiger partial charge on any atom is 0.155 e. The van der Waals surface area contributed by atoms with Crippen molar-refractivity contribution in [3.05, 3.63) is 36.0 Å². The normalized spacial score (nSPS) is 13.7. The lowest BCUT2D eigenvalue weighted by Crippen LogP contribution is -2.42. The van der Waals surface area contributed by atoms with E-state index >= 15 is 0 Å². The van der Waals surface area contributed by atoms with Crippen molar-refractivity contribution in [3.63, 3.8) is 0 Å². The first-order chi connectivity index (χ1) is 8.93. The molecule has 1 unspecified atom stereocenters. The zero-order chi connectivity index (χ0) is 14.0. The Morgan fingerprint density at radius 1 is 1.32 bits per heavy atom. The Morgan fingerprint density at radius 3 is 2.63 bits per heavy atom. The summed E-state index contributed by atoms with van der Waals surface area (Å²) >= 11 is 0. The number of carbonyl (C=O) groups is 1. The summed E-state index contributed by atoms with van der Waals surface area (Å²) in [6, 6.07) is 8.05. The van der Waals surface area contributed by atoms with E-state index in [4.69, 9.17) is 0 Å². The lowest BCUT2D eigenvalue weighted by atomic mass is 9.84. The highest BCUT2D eigenvalue weighted by Crippen LogP contribution is 2.22. The summed E-state index contributed by atoms with van der Waals surface area (Å²) in [6.45, 7) is 5.90. The van der Waals surface area contributed by atoms with Gasteiger partial charge < -0.3 is 10.3 Å². The van der Waals surface area contributed by atoms with Crippen LogP contribution in [0.2, 0.25) is 0 Å². The molecule has 1 aromatic heterocycles. The Bertz CT molecular complexity index is 578. The van der Waals surface area contributed by atoms with E-state index in [-0.39, 0.29) is 17.2 Å². The fourth-order valence-electron chi connectivity index (χ4n) is 2.37. The summed E-state index contributed by atoms with van der Waals surface area (Å²) in [7, 11) is 1.85. The fourth-order valence-corrected chi connectivity index (χ4v) is 2.37. The zero-order valence-electron chi connectivity index (χ0n) is 12.1. The second-order valence-corrected chi connectivity index (χ2v) is 6.02. The number of nitrogens with one attached hydrogen (secondary N) is 2. The van der Waals surface area contributed by atoms with Crippen molar-refractivity contribution in [2.24, 2.45) is 5.41 Å². The summed E-state index contributed by atoms with van der Waals surface area (Å²) < 4.78 is 0. The molecule has 1 aromatic carbocycles. The smallest absolute Gasteiger partial charge is 0.155 e. The van der Waals surface area contributed by atoms with Crippen LogP contribution in [0, 0.1) is 5.41 Å². The third-order valence-electron chi connectivity index (χ3n) is 3.50. The van der Waals surface area contributed by atoms with Crippen LogP contribution in [0.25, 0.3) is 10.9 Å². The van der Waals surface area contributed by atoms with Crippen molar-refractivity contribution in [1.82, 2.24) is 10.3 Å². The SMILES string of the molecule is CNC(Cc1c[nH]c2ccccc12)C(=O)C(C)(C)C. The summed E-state index contributed by atoms with van der Waals surface area (Å²) in [6.07, 6.45) is 2.72. The number of likely N-dealkylation sites (N-methyl/N-ethyl adjacent to an activating group) is 1. The number of para-hydroxylation sites is 1. The number of aromatic nitrogens is 1. The molecule has 0 amide bonds. The third-order valence-corrected chi connectivity index (χ3v) is 3.50. The van der Waals surface area contributed by atoms with Crippen molar-refractivity contribution in [2.45, 2.75) is 33.2 Å². The van der Waals surface area contributed by atoms with Gasteiger partial charge in [-0.1, -0.05) is 39.0 Å². The fraction of sp³-hybridized carbons (Fsp3) is 0.438. The van der Waals surface area contributed by atoms with Crippen molar-refractivity contribution in [2.75, 3.05) is 7.05 Å². The van der Waals surface area contributed by atoms with Crippen LogP contribution in [0.1, 0.15) is 26.3 Å². The first-order valence-electron chi connectivity index (χ1n) is 6.70. The van der Waals surface area contributed by atoms with Crippen LogP contribution in [0.15, 0.2) is 30.5 Å². The molecule has 0 aliphatic rings. The predicted molar refractivity (Wildman–Crippen MR) is 79.3 cm³/mol. The number of fused-ring (bicyclic) bond motifs is 1. The second kappa shape index (κ2) is 5.17.